The van der Waals surface area contributed by atoms with Crippen LogP contribution in [-0.2, 0) is 13.6 Å². The Bertz CT molecular complexity index is 1560. The lowest BCUT2D eigenvalue weighted by molar-refractivity contribution is 0.140. The number of halogens is 2. The summed E-state index contributed by atoms with van der Waals surface area (Å²) in [7, 11) is 3.17. The molecule has 0 aliphatic heterocycles. The van der Waals surface area contributed by atoms with Gasteiger partial charge in [0.1, 0.15) is 11.9 Å². The molecule has 6 rings (SSSR count). The summed E-state index contributed by atoms with van der Waals surface area (Å²) in [5.74, 6) is 1.21. The van der Waals surface area contributed by atoms with Crippen molar-refractivity contribution >= 4 is 11.0 Å². The van der Waals surface area contributed by atoms with Gasteiger partial charge in [-0.3, -0.25) is 0 Å². The molecule has 182 valence electrons. The number of alkyl halides is 2. The molecule has 5 aromatic rings. The van der Waals surface area contributed by atoms with Crippen LogP contribution < -0.4 is 4.74 Å². The summed E-state index contributed by atoms with van der Waals surface area (Å²) < 4.78 is 34.5. The second kappa shape index (κ2) is 8.70. The molecule has 0 saturated heterocycles. The van der Waals surface area contributed by atoms with Crippen LogP contribution in [0.15, 0.2) is 43.0 Å². The van der Waals surface area contributed by atoms with Gasteiger partial charge in [0.15, 0.2) is 17.3 Å². The van der Waals surface area contributed by atoms with Crippen molar-refractivity contribution in [1.82, 2.24) is 44.5 Å². The summed E-state index contributed by atoms with van der Waals surface area (Å²) in [5, 5.41) is 9.08. The molecule has 36 heavy (non-hydrogen) atoms. The van der Waals surface area contributed by atoms with Crippen molar-refractivity contribution in [3.05, 3.63) is 60.1 Å². The van der Waals surface area contributed by atoms with Gasteiger partial charge >= 0.3 is 0 Å². The molecule has 0 spiro atoms. The molecule has 0 bridgehead atoms. The highest BCUT2D eigenvalue weighted by molar-refractivity contribution is 5.77. The van der Waals surface area contributed by atoms with Gasteiger partial charge < -0.3 is 4.74 Å². The number of aryl methyl sites for hydroxylation is 1. The van der Waals surface area contributed by atoms with Crippen LogP contribution in [0, 0.1) is 0 Å². The maximum absolute atomic E-state index is 13.0. The van der Waals surface area contributed by atoms with Crippen LogP contribution in [0.2, 0.25) is 0 Å². The van der Waals surface area contributed by atoms with Gasteiger partial charge in [-0.2, -0.15) is 5.10 Å². The first-order valence-electron chi connectivity index (χ1n) is 11.4. The monoisotopic (exact) mass is 489 g/mol. The SMILES string of the molecule is COc1ncnc(C2CC2)c1-c1ncc2cnn(Cc3ccc(-c4nc(C(F)F)nn4C)cc3)c2n1. The summed E-state index contributed by atoms with van der Waals surface area (Å²) in [4.78, 5) is 22.1. The van der Waals surface area contributed by atoms with Crippen molar-refractivity contribution < 1.29 is 13.5 Å². The zero-order valence-corrected chi connectivity index (χ0v) is 19.5. The molecule has 1 aliphatic rings. The minimum atomic E-state index is -2.72. The maximum atomic E-state index is 13.0. The van der Waals surface area contributed by atoms with E-state index in [9.17, 15) is 8.78 Å². The zero-order valence-electron chi connectivity index (χ0n) is 19.5. The first-order chi connectivity index (χ1) is 17.5. The van der Waals surface area contributed by atoms with E-state index >= 15 is 0 Å². The third kappa shape index (κ3) is 3.93. The van der Waals surface area contributed by atoms with Crippen molar-refractivity contribution in [2.24, 2.45) is 7.05 Å². The van der Waals surface area contributed by atoms with E-state index in [-0.39, 0.29) is 0 Å². The van der Waals surface area contributed by atoms with Crippen molar-refractivity contribution in [3.8, 4) is 28.7 Å². The molecule has 12 heteroatoms. The second-order valence-electron chi connectivity index (χ2n) is 8.61. The lowest BCUT2D eigenvalue weighted by Crippen LogP contribution is -2.05. The van der Waals surface area contributed by atoms with Crippen molar-refractivity contribution in [2.75, 3.05) is 7.11 Å². The van der Waals surface area contributed by atoms with E-state index < -0.39 is 12.2 Å². The zero-order chi connectivity index (χ0) is 24.8. The van der Waals surface area contributed by atoms with E-state index in [0.717, 1.165) is 29.5 Å². The average molecular weight is 489 g/mol. The molecule has 1 saturated carbocycles. The molecule has 1 aromatic carbocycles. The first-order valence-corrected chi connectivity index (χ1v) is 11.4. The van der Waals surface area contributed by atoms with Crippen LogP contribution >= 0.6 is 0 Å². The van der Waals surface area contributed by atoms with E-state index in [1.807, 2.05) is 24.3 Å². The van der Waals surface area contributed by atoms with Crippen LogP contribution in [0.3, 0.4) is 0 Å². The summed E-state index contributed by atoms with van der Waals surface area (Å²) in [5.41, 5.74) is 3.94. The number of aromatic nitrogens is 9. The molecule has 4 heterocycles. The highest BCUT2D eigenvalue weighted by atomic mass is 19.3. The number of benzene rings is 1. The molecule has 10 nitrogen and oxygen atoms in total. The largest absolute Gasteiger partial charge is 0.480 e. The lowest BCUT2D eigenvalue weighted by Gasteiger charge is -2.11. The van der Waals surface area contributed by atoms with Gasteiger partial charge in [0.25, 0.3) is 6.43 Å². The third-order valence-corrected chi connectivity index (χ3v) is 6.12. The molecule has 4 aromatic heterocycles. The van der Waals surface area contributed by atoms with Gasteiger partial charge in [-0.15, -0.1) is 5.10 Å². The number of fused-ring (bicyclic) bond motifs is 1. The topological polar surface area (TPSA) is 109 Å². The van der Waals surface area contributed by atoms with Crippen LogP contribution in [-0.4, -0.2) is 51.6 Å². The van der Waals surface area contributed by atoms with E-state index in [1.54, 1.807) is 31.2 Å². The Kier molecular flexibility index (Phi) is 5.35. The lowest BCUT2D eigenvalue weighted by atomic mass is 10.1. The van der Waals surface area contributed by atoms with Crippen molar-refractivity contribution in [3.63, 3.8) is 0 Å². The van der Waals surface area contributed by atoms with Crippen molar-refractivity contribution in [1.29, 1.82) is 0 Å². The molecular formula is C24H21F2N9O. The number of nitrogens with zero attached hydrogens (tertiary/aromatic N) is 9. The van der Waals surface area contributed by atoms with Gasteiger partial charge in [0.05, 0.1) is 30.9 Å². The van der Waals surface area contributed by atoms with E-state index in [4.69, 9.17) is 9.72 Å². The fourth-order valence-corrected chi connectivity index (χ4v) is 4.20. The number of hydrogen-bond donors (Lipinski definition) is 0. The van der Waals surface area contributed by atoms with Crippen molar-refractivity contribution in [2.45, 2.75) is 31.7 Å². The Hall–Kier alpha value is -4.35. The number of hydrogen-bond acceptors (Lipinski definition) is 8. The summed E-state index contributed by atoms with van der Waals surface area (Å²) >= 11 is 0. The summed E-state index contributed by atoms with van der Waals surface area (Å²) in [6.07, 6.45) is 4.40. The second-order valence-corrected chi connectivity index (χ2v) is 8.61. The molecule has 1 fully saturated rings. The molecule has 0 radical (unpaired) electrons. The van der Waals surface area contributed by atoms with Crippen LogP contribution in [0.25, 0.3) is 33.8 Å². The average Bonchev–Trinajstić information content (AvgIpc) is 3.56. The van der Waals surface area contributed by atoms with Crippen LogP contribution in [0.5, 0.6) is 5.88 Å². The van der Waals surface area contributed by atoms with Gasteiger partial charge in [0, 0.05) is 24.7 Å². The van der Waals surface area contributed by atoms with Gasteiger partial charge in [-0.25, -0.2) is 43.1 Å². The predicted molar refractivity (Wildman–Crippen MR) is 125 cm³/mol. The molecule has 1 aliphatic carbocycles. The summed E-state index contributed by atoms with van der Waals surface area (Å²) in [6.45, 7) is 0.458. The van der Waals surface area contributed by atoms with E-state index in [2.05, 4.69) is 30.1 Å². The fraction of sp³-hybridized carbons (Fsp3) is 0.292. The van der Waals surface area contributed by atoms with Gasteiger partial charge in [-0.05, 0) is 18.4 Å². The number of rotatable bonds is 7. The predicted octanol–water partition coefficient (Wildman–Crippen LogP) is 3.95. The van der Waals surface area contributed by atoms with Gasteiger partial charge in [0.2, 0.25) is 11.7 Å². The van der Waals surface area contributed by atoms with E-state index in [0.29, 0.717) is 46.8 Å². The standard InChI is InChI=1S/C24H21F2N9O/c1-34-22(32-21(33-34)19(25)26)15-5-3-13(4-6-15)11-35-23-16(10-30-35)9-27-20(31-23)17-18(14-7-8-14)28-12-29-24(17)36-2/h3-6,9-10,12,14,19H,7-8,11H2,1-2H3. The van der Waals surface area contributed by atoms with Crippen LogP contribution in [0.4, 0.5) is 8.78 Å². The maximum Gasteiger partial charge on any atom is 0.299 e. The van der Waals surface area contributed by atoms with Crippen LogP contribution in [0.1, 0.15) is 42.3 Å². The van der Waals surface area contributed by atoms with E-state index in [1.165, 1.54) is 11.0 Å². The molecule has 0 unspecified atom stereocenters. The molecule has 0 atom stereocenters. The normalized spacial score (nSPS) is 13.6. The number of methoxy groups -OCH3 is 1. The Morgan fingerprint density at radius 2 is 1.86 bits per heavy atom. The summed E-state index contributed by atoms with van der Waals surface area (Å²) in [6, 6.07) is 7.46. The molecular weight excluding hydrogens is 468 g/mol. The Labute approximate surface area is 204 Å². The fourth-order valence-electron chi connectivity index (χ4n) is 4.20. The third-order valence-electron chi connectivity index (χ3n) is 6.12. The minimum Gasteiger partial charge on any atom is -0.480 e. The van der Waals surface area contributed by atoms with Gasteiger partial charge in [-0.1, -0.05) is 24.3 Å². The highest BCUT2D eigenvalue weighted by Crippen LogP contribution is 2.44. The minimum absolute atomic E-state index is 0.366. The molecule has 0 N–H and O–H groups in total. The Morgan fingerprint density at radius 3 is 2.56 bits per heavy atom. The Balaban J connectivity index is 1.32. The number of ether oxygens (including phenoxy) is 1. The quantitative estimate of drug-likeness (QED) is 0.338. The first kappa shape index (κ1) is 22.1. The smallest absolute Gasteiger partial charge is 0.299 e. The molecule has 0 amide bonds. The Morgan fingerprint density at radius 1 is 1.06 bits per heavy atom. The highest BCUT2D eigenvalue weighted by Gasteiger charge is 2.31.